The Hall–Kier alpha value is -3.00. The van der Waals surface area contributed by atoms with Crippen LogP contribution in [0.5, 0.6) is 5.75 Å². The SMILES string of the molecule is CC(C)CC(=O)NC1(c2ccc(C(=O)O)cc2)CC1.OCc1cccc(OC(F)F)c1. The Balaban J connectivity index is 0.000000245. The highest BCUT2D eigenvalue weighted by Crippen LogP contribution is 2.45. The zero-order chi connectivity index (χ0) is 23.0. The van der Waals surface area contributed by atoms with E-state index in [0.717, 1.165) is 18.4 Å². The molecule has 3 rings (SSSR count). The standard InChI is InChI=1S/C15H19NO3.C8H8F2O2/c1-10(2)9-13(17)16-15(7-8-15)12-5-3-11(4-6-12)14(18)19;9-8(10)12-7-3-1-2-6(4-7)5-11/h3-6,10H,7-9H2,1-2H3,(H,16,17)(H,18,19);1-4,8,11H,5H2. The number of carbonyl (C=O) groups is 2. The van der Waals surface area contributed by atoms with E-state index in [1.165, 1.54) is 12.1 Å². The van der Waals surface area contributed by atoms with E-state index in [2.05, 4.69) is 10.1 Å². The summed E-state index contributed by atoms with van der Waals surface area (Å²) >= 11 is 0. The summed E-state index contributed by atoms with van der Waals surface area (Å²) in [7, 11) is 0. The van der Waals surface area contributed by atoms with Gasteiger partial charge in [0.2, 0.25) is 5.91 Å². The van der Waals surface area contributed by atoms with Gasteiger partial charge in [0.05, 0.1) is 17.7 Å². The van der Waals surface area contributed by atoms with Gasteiger partial charge >= 0.3 is 12.6 Å². The van der Waals surface area contributed by atoms with E-state index in [9.17, 15) is 18.4 Å². The number of aliphatic hydroxyl groups is 1. The monoisotopic (exact) mass is 435 g/mol. The van der Waals surface area contributed by atoms with Crippen LogP contribution in [0, 0.1) is 5.92 Å². The van der Waals surface area contributed by atoms with Crippen LogP contribution < -0.4 is 10.1 Å². The Kier molecular flexibility index (Phi) is 8.50. The van der Waals surface area contributed by atoms with Crippen LogP contribution in [0.2, 0.25) is 0 Å². The van der Waals surface area contributed by atoms with E-state index < -0.39 is 12.6 Å². The van der Waals surface area contributed by atoms with Gasteiger partial charge in [-0.1, -0.05) is 38.1 Å². The topological polar surface area (TPSA) is 95.9 Å². The number of halogens is 2. The third-order valence-electron chi connectivity index (χ3n) is 4.71. The van der Waals surface area contributed by atoms with E-state index >= 15 is 0 Å². The van der Waals surface area contributed by atoms with Crippen molar-refractivity contribution in [2.45, 2.75) is 51.9 Å². The number of aromatic carboxylic acids is 1. The zero-order valence-electron chi connectivity index (χ0n) is 17.5. The summed E-state index contributed by atoms with van der Waals surface area (Å²) in [5.74, 6) is -0.461. The van der Waals surface area contributed by atoms with Crippen LogP contribution in [0.25, 0.3) is 0 Å². The first-order valence-electron chi connectivity index (χ1n) is 9.94. The van der Waals surface area contributed by atoms with Gasteiger partial charge in [-0.25, -0.2) is 4.79 Å². The van der Waals surface area contributed by atoms with Crippen molar-refractivity contribution in [2.75, 3.05) is 0 Å². The maximum absolute atomic E-state index is 11.9. The van der Waals surface area contributed by atoms with E-state index in [0.29, 0.717) is 17.9 Å². The molecule has 1 amide bonds. The largest absolute Gasteiger partial charge is 0.478 e. The lowest BCUT2D eigenvalue weighted by atomic mass is 10.0. The van der Waals surface area contributed by atoms with Crippen LogP contribution in [-0.4, -0.2) is 28.7 Å². The average Bonchev–Trinajstić information content (AvgIpc) is 3.48. The zero-order valence-corrected chi connectivity index (χ0v) is 17.5. The summed E-state index contributed by atoms with van der Waals surface area (Å²) in [4.78, 5) is 22.7. The lowest BCUT2D eigenvalue weighted by molar-refractivity contribution is -0.122. The normalized spacial score (nSPS) is 13.9. The molecule has 8 heteroatoms. The number of amides is 1. The molecule has 0 spiro atoms. The molecule has 0 radical (unpaired) electrons. The second-order valence-corrected chi connectivity index (χ2v) is 7.79. The van der Waals surface area contributed by atoms with E-state index in [-0.39, 0.29) is 29.4 Å². The van der Waals surface area contributed by atoms with Gasteiger partial charge in [-0.05, 0) is 54.2 Å². The Bertz CT molecular complexity index is 880. The Morgan fingerprint density at radius 2 is 1.77 bits per heavy atom. The van der Waals surface area contributed by atoms with Gasteiger partial charge in [0, 0.05) is 6.42 Å². The smallest absolute Gasteiger partial charge is 0.387 e. The molecule has 2 aromatic rings. The van der Waals surface area contributed by atoms with Crippen LogP contribution in [-0.2, 0) is 16.9 Å². The predicted octanol–water partition coefficient (Wildman–Crippen LogP) is 4.32. The van der Waals surface area contributed by atoms with Crippen molar-refractivity contribution >= 4 is 11.9 Å². The van der Waals surface area contributed by atoms with E-state index in [1.54, 1.807) is 36.4 Å². The van der Waals surface area contributed by atoms with Gasteiger partial charge in [0.15, 0.2) is 0 Å². The van der Waals surface area contributed by atoms with Crippen molar-refractivity contribution in [2.24, 2.45) is 5.92 Å². The summed E-state index contributed by atoms with van der Waals surface area (Å²) in [6, 6.07) is 12.7. The molecule has 1 aliphatic rings. The van der Waals surface area contributed by atoms with Crippen LogP contribution >= 0.6 is 0 Å². The minimum Gasteiger partial charge on any atom is -0.478 e. The first-order valence-corrected chi connectivity index (χ1v) is 9.94. The van der Waals surface area contributed by atoms with Crippen LogP contribution in [0.4, 0.5) is 8.78 Å². The third kappa shape index (κ3) is 7.64. The van der Waals surface area contributed by atoms with Crippen molar-refractivity contribution in [1.29, 1.82) is 0 Å². The molecular weight excluding hydrogens is 408 g/mol. The molecule has 0 unspecified atom stereocenters. The molecule has 2 aromatic carbocycles. The molecule has 0 atom stereocenters. The quantitative estimate of drug-likeness (QED) is 0.574. The molecular formula is C23H27F2NO5. The molecule has 3 N–H and O–H groups in total. The molecule has 0 heterocycles. The van der Waals surface area contributed by atoms with Crippen molar-refractivity contribution in [3.63, 3.8) is 0 Å². The Labute approximate surface area is 179 Å². The fourth-order valence-electron chi connectivity index (χ4n) is 3.05. The summed E-state index contributed by atoms with van der Waals surface area (Å²) in [6.45, 7) is 1.03. The first kappa shape index (κ1) is 24.3. The minimum atomic E-state index is -2.82. The van der Waals surface area contributed by atoms with E-state index in [1.807, 2.05) is 13.8 Å². The molecule has 0 aliphatic heterocycles. The van der Waals surface area contributed by atoms with Crippen molar-refractivity contribution in [3.05, 3.63) is 65.2 Å². The van der Waals surface area contributed by atoms with Gasteiger partial charge in [-0.15, -0.1) is 0 Å². The highest BCUT2D eigenvalue weighted by molar-refractivity contribution is 5.87. The highest BCUT2D eigenvalue weighted by Gasteiger charge is 2.45. The number of ether oxygens (including phenoxy) is 1. The molecule has 0 aromatic heterocycles. The molecule has 1 aliphatic carbocycles. The Morgan fingerprint density at radius 1 is 1.13 bits per heavy atom. The van der Waals surface area contributed by atoms with Crippen LogP contribution in [0.1, 0.15) is 54.6 Å². The van der Waals surface area contributed by atoms with Gasteiger partial charge in [-0.2, -0.15) is 8.78 Å². The molecule has 6 nitrogen and oxygen atoms in total. The van der Waals surface area contributed by atoms with Crippen LogP contribution in [0.15, 0.2) is 48.5 Å². The van der Waals surface area contributed by atoms with Crippen LogP contribution in [0.3, 0.4) is 0 Å². The number of alkyl halides is 2. The van der Waals surface area contributed by atoms with Crippen molar-refractivity contribution in [3.8, 4) is 5.75 Å². The predicted molar refractivity (Wildman–Crippen MR) is 111 cm³/mol. The number of rotatable bonds is 8. The minimum absolute atomic E-state index is 0.0646. The second kappa shape index (κ2) is 10.9. The number of benzene rings is 2. The summed E-state index contributed by atoms with van der Waals surface area (Å²) in [6.07, 6.45) is 2.36. The number of nitrogens with one attached hydrogen (secondary N) is 1. The van der Waals surface area contributed by atoms with Gasteiger partial charge in [0.25, 0.3) is 0 Å². The number of carboxylic acids is 1. The number of hydrogen-bond donors (Lipinski definition) is 3. The van der Waals surface area contributed by atoms with Crippen molar-refractivity contribution < 1.29 is 33.3 Å². The summed E-state index contributed by atoms with van der Waals surface area (Å²) < 4.78 is 27.5. The first-order chi connectivity index (χ1) is 14.6. The maximum atomic E-state index is 11.9. The number of carbonyl (C=O) groups excluding carboxylic acids is 1. The molecule has 0 saturated heterocycles. The molecule has 31 heavy (non-hydrogen) atoms. The second-order valence-electron chi connectivity index (χ2n) is 7.79. The fourth-order valence-corrected chi connectivity index (χ4v) is 3.05. The molecule has 0 bridgehead atoms. The lowest BCUT2D eigenvalue weighted by Gasteiger charge is -2.19. The fraction of sp³-hybridized carbons (Fsp3) is 0.391. The molecule has 168 valence electrons. The number of hydrogen-bond acceptors (Lipinski definition) is 4. The summed E-state index contributed by atoms with van der Waals surface area (Å²) in [5.41, 5.74) is 1.55. The van der Waals surface area contributed by atoms with Gasteiger partial charge in [0.1, 0.15) is 5.75 Å². The number of aliphatic hydroxyl groups excluding tert-OH is 1. The Morgan fingerprint density at radius 3 is 2.26 bits per heavy atom. The third-order valence-corrected chi connectivity index (χ3v) is 4.71. The average molecular weight is 435 g/mol. The van der Waals surface area contributed by atoms with Gasteiger partial charge in [-0.3, -0.25) is 4.79 Å². The summed E-state index contributed by atoms with van der Waals surface area (Å²) in [5, 5.41) is 20.6. The molecule has 1 fully saturated rings. The maximum Gasteiger partial charge on any atom is 0.387 e. The number of carboxylic acid groups (broad SMARTS) is 1. The lowest BCUT2D eigenvalue weighted by Crippen LogP contribution is -2.35. The van der Waals surface area contributed by atoms with E-state index in [4.69, 9.17) is 10.2 Å². The highest BCUT2D eigenvalue weighted by atomic mass is 19.3. The van der Waals surface area contributed by atoms with Gasteiger partial charge < -0.3 is 20.3 Å². The molecule has 1 saturated carbocycles. The van der Waals surface area contributed by atoms with Crippen molar-refractivity contribution in [1.82, 2.24) is 5.32 Å².